The van der Waals surface area contributed by atoms with Crippen LogP contribution < -0.4 is 0 Å². The molecule has 1 aromatic carbocycles. The highest BCUT2D eigenvalue weighted by Crippen LogP contribution is 2.27. The monoisotopic (exact) mass is 348 g/mol. The first-order chi connectivity index (χ1) is 10.1. The first-order valence-electron chi connectivity index (χ1n) is 7.25. The van der Waals surface area contributed by atoms with Crippen molar-refractivity contribution in [3.05, 3.63) is 34.1 Å². The zero-order valence-corrected chi connectivity index (χ0v) is 13.5. The topological polar surface area (TPSA) is 56.0 Å². The zero-order chi connectivity index (χ0) is 14.8. The fraction of sp³-hybridized carbons (Fsp3) is 0.438. The van der Waals surface area contributed by atoms with Gasteiger partial charge in [0.15, 0.2) is 0 Å². The first kappa shape index (κ1) is 14.4. The van der Waals surface area contributed by atoms with Gasteiger partial charge >= 0.3 is 0 Å². The van der Waals surface area contributed by atoms with Crippen LogP contribution in [0.4, 0.5) is 0 Å². The van der Waals surface area contributed by atoms with Gasteiger partial charge in [0.1, 0.15) is 5.78 Å². The second kappa shape index (κ2) is 6.10. The van der Waals surface area contributed by atoms with Gasteiger partial charge in [-0.1, -0.05) is 46.1 Å². The lowest BCUT2D eigenvalue weighted by Crippen LogP contribution is -2.13. The molecule has 3 rings (SSSR count). The summed E-state index contributed by atoms with van der Waals surface area (Å²) in [6, 6.07) is 5.91. The van der Waals surface area contributed by atoms with E-state index in [9.17, 15) is 4.79 Å². The van der Waals surface area contributed by atoms with Gasteiger partial charge in [-0.05, 0) is 31.4 Å². The molecular weight excluding hydrogens is 332 g/mol. The number of hydrogen-bond donors (Lipinski definition) is 0. The highest BCUT2D eigenvalue weighted by atomic mass is 79.9. The quantitative estimate of drug-likeness (QED) is 0.834. The molecule has 0 radical (unpaired) electrons. The highest BCUT2D eigenvalue weighted by Gasteiger charge is 2.24. The van der Waals surface area contributed by atoms with E-state index in [0.29, 0.717) is 11.7 Å². The van der Waals surface area contributed by atoms with Crippen LogP contribution in [0.3, 0.4) is 0 Å². The Morgan fingerprint density at radius 1 is 1.38 bits per heavy atom. The molecule has 0 amide bonds. The van der Waals surface area contributed by atoms with Gasteiger partial charge in [0, 0.05) is 16.0 Å². The van der Waals surface area contributed by atoms with E-state index in [1.165, 1.54) is 0 Å². The summed E-state index contributed by atoms with van der Waals surface area (Å²) in [5.74, 6) is 1.37. The predicted octanol–water partition coefficient (Wildman–Crippen LogP) is 4.11. The predicted molar refractivity (Wildman–Crippen MR) is 82.8 cm³/mol. The lowest BCUT2D eigenvalue weighted by atomic mass is 10.0. The summed E-state index contributed by atoms with van der Waals surface area (Å²) in [6.07, 6.45) is 4.58. The summed E-state index contributed by atoms with van der Waals surface area (Å²) >= 11 is 3.49. The van der Waals surface area contributed by atoms with Crippen molar-refractivity contribution in [1.82, 2.24) is 10.1 Å². The molecule has 0 saturated heterocycles. The van der Waals surface area contributed by atoms with E-state index in [0.717, 1.165) is 41.3 Å². The molecule has 1 aliphatic rings. The molecule has 1 heterocycles. The van der Waals surface area contributed by atoms with Crippen molar-refractivity contribution >= 4 is 21.7 Å². The number of halogens is 1. The van der Waals surface area contributed by atoms with Crippen LogP contribution in [-0.4, -0.2) is 15.9 Å². The summed E-state index contributed by atoms with van der Waals surface area (Å²) in [6.45, 7) is 2.02. The molecule has 1 aliphatic carbocycles. The zero-order valence-electron chi connectivity index (χ0n) is 11.9. The summed E-state index contributed by atoms with van der Waals surface area (Å²) in [5, 5.41) is 3.98. The number of carbonyl (C=O) groups is 1. The first-order valence-corrected chi connectivity index (χ1v) is 8.04. The maximum atomic E-state index is 12.1. The molecular formula is C16H17BrN2O2. The average Bonchev–Trinajstić information content (AvgIpc) is 3.12. The Morgan fingerprint density at radius 2 is 2.14 bits per heavy atom. The minimum absolute atomic E-state index is 0.189. The molecule has 4 nitrogen and oxygen atoms in total. The van der Waals surface area contributed by atoms with Crippen molar-refractivity contribution in [3.8, 4) is 11.4 Å². The van der Waals surface area contributed by atoms with Gasteiger partial charge in [0.05, 0.1) is 6.42 Å². The molecule has 5 heteroatoms. The van der Waals surface area contributed by atoms with Crippen molar-refractivity contribution in [1.29, 1.82) is 0 Å². The fourth-order valence-corrected chi connectivity index (χ4v) is 3.10. The van der Waals surface area contributed by atoms with E-state index in [1.807, 2.05) is 25.1 Å². The molecule has 0 aliphatic heterocycles. The number of nitrogens with zero attached hydrogens (tertiary/aromatic N) is 2. The van der Waals surface area contributed by atoms with E-state index < -0.39 is 0 Å². The van der Waals surface area contributed by atoms with Crippen LogP contribution >= 0.6 is 15.9 Å². The van der Waals surface area contributed by atoms with Crippen LogP contribution in [0.2, 0.25) is 0 Å². The maximum absolute atomic E-state index is 12.1. The average molecular weight is 349 g/mol. The lowest BCUT2D eigenvalue weighted by molar-refractivity contribution is -0.122. The maximum Gasteiger partial charge on any atom is 0.234 e. The largest absolute Gasteiger partial charge is 0.339 e. The van der Waals surface area contributed by atoms with E-state index in [-0.39, 0.29) is 18.1 Å². The molecule has 0 bridgehead atoms. The number of benzene rings is 1. The van der Waals surface area contributed by atoms with E-state index in [1.54, 1.807) is 0 Å². The second-order valence-electron chi connectivity index (χ2n) is 5.60. The number of carbonyl (C=O) groups excluding carboxylic acids is 1. The van der Waals surface area contributed by atoms with Crippen molar-refractivity contribution < 1.29 is 9.32 Å². The molecule has 1 aromatic heterocycles. The number of rotatable bonds is 4. The Kier molecular flexibility index (Phi) is 4.19. The van der Waals surface area contributed by atoms with Crippen molar-refractivity contribution in [2.75, 3.05) is 0 Å². The lowest BCUT2D eigenvalue weighted by Gasteiger charge is -2.04. The summed E-state index contributed by atoms with van der Waals surface area (Å²) in [4.78, 5) is 16.5. The van der Waals surface area contributed by atoms with Crippen LogP contribution in [0.15, 0.2) is 27.2 Å². The summed E-state index contributed by atoms with van der Waals surface area (Å²) in [5.41, 5.74) is 2.04. The Hall–Kier alpha value is -1.49. The SMILES string of the molecule is Cc1ccc(-c2noc(CC(=O)C3CCCC3)n2)cc1Br. The normalized spacial score (nSPS) is 15.5. The number of aryl methyl sites for hydroxylation is 1. The van der Waals surface area contributed by atoms with Crippen LogP contribution in [0, 0.1) is 12.8 Å². The molecule has 1 fully saturated rings. The van der Waals surface area contributed by atoms with Crippen LogP contribution in [0.1, 0.15) is 37.1 Å². The van der Waals surface area contributed by atoms with Gasteiger partial charge in [-0.3, -0.25) is 4.79 Å². The van der Waals surface area contributed by atoms with Crippen LogP contribution in [0.25, 0.3) is 11.4 Å². The van der Waals surface area contributed by atoms with Gasteiger partial charge in [-0.15, -0.1) is 0 Å². The Bertz CT molecular complexity index is 660. The molecule has 1 saturated carbocycles. The number of hydrogen-bond acceptors (Lipinski definition) is 4. The Labute approximate surface area is 132 Å². The van der Waals surface area contributed by atoms with Gasteiger partial charge in [0.25, 0.3) is 0 Å². The van der Waals surface area contributed by atoms with E-state index in [2.05, 4.69) is 26.1 Å². The van der Waals surface area contributed by atoms with E-state index >= 15 is 0 Å². The van der Waals surface area contributed by atoms with Crippen molar-refractivity contribution in [3.63, 3.8) is 0 Å². The summed E-state index contributed by atoms with van der Waals surface area (Å²) in [7, 11) is 0. The minimum Gasteiger partial charge on any atom is -0.339 e. The van der Waals surface area contributed by atoms with Gasteiger partial charge < -0.3 is 4.52 Å². The number of ketones is 1. The third-order valence-corrected chi connectivity index (χ3v) is 4.89. The Morgan fingerprint density at radius 3 is 2.86 bits per heavy atom. The second-order valence-corrected chi connectivity index (χ2v) is 6.45. The van der Waals surface area contributed by atoms with Gasteiger partial charge in [0.2, 0.25) is 11.7 Å². The van der Waals surface area contributed by atoms with Gasteiger partial charge in [-0.2, -0.15) is 4.98 Å². The summed E-state index contributed by atoms with van der Waals surface area (Å²) < 4.78 is 6.23. The standard InChI is InChI=1S/C16H17BrN2O2/c1-10-6-7-12(8-13(10)17)16-18-15(21-19-16)9-14(20)11-4-2-3-5-11/h6-8,11H,2-5,9H2,1H3. The van der Waals surface area contributed by atoms with Gasteiger partial charge in [-0.25, -0.2) is 0 Å². The number of Topliss-reactive ketones (excluding diaryl/α,β-unsaturated/α-hetero) is 1. The fourth-order valence-electron chi connectivity index (χ4n) is 2.72. The third kappa shape index (κ3) is 3.23. The molecule has 0 spiro atoms. The molecule has 0 unspecified atom stereocenters. The highest BCUT2D eigenvalue weighted by molar-refractivity contribution is 9.10. The number of aromatic nitrogens is 2. The third-order valence-electron chi connectivity index (χ3n) is 4.03. The van der Waals surface area contributed by atoms with Crippen molar-refractivity contribution in [2.45, 2.75) is 39.0 Å². The van der Waals surface area contributed by atoms with Crippen LogP contribution in [-0.2, 0) is 11.2 Å². The minimum atomic E-state index is 0.189. The molecule has 0 N–H and O–H groups in total. The smallest absolute Gasteiger partial charge is 0.234 e. The van der Waals surface area contributed by atoms with Crippen molar-refractivity contribution in [2.24, 2.45) is 5.92 Å². The Balaban J connectivity index is 1.73. The molecule has 21 heavy (non-hydrogen) atoms. The van der Waals surface area contributed by atoms with E-state index in [4.69, 9.17) is 4.52 Å². The molecule has 0 atom stereocenters. The molecule has 110 valence electrons. The van der Waals surface area contributed by atoms with Crippen LogP contribution in [0.5, 0.6) is 0 Å². The molecule has 2 aromatic rings.